The Morgan fingerprint density at radius 1 is 1.38 bits per heavy atom. The van der Waals surface area contributed by atoms with Crippen molar-refractivity contribution < 1.29 is 19.3 Å². The summed E-state index contributed by atoms with van der Waals surface area (Å²) in [5, 5.41) is 10.0. The van der Waals surface area contributed by atoms with Crippen LogP contribution in [-0.4, -0.2) is 48.7 Å². The summed E-state index contributed by atoms with van der Waals surface area (Å²) in [5.41, 5.74) is 2.05. The molecule has 21 heavy (non-hydrogen) atoms. The second-order valence-corrected chi connectivity index (χ2v) is 6.05. The van der Waals surface area contributed by atoms with E-state index in [1.807, 2.05) is 19.1 Å². The molecule has 2 heterocycles. The molecule has 2 atom stereocenters. The molecule has 116 valence electrons. The molecule has 0 aliphatic carbocycles. The van der Waals surface area contributed by atoms with Gasteiger partial charge in [-0.05, 0) is 19.1 Å². The van der Waals surface area contributed by atoms with Gasteiger partial charge in [0.15, 0.2) is 6.79 Å². The van der Waals surface area contributed by atoms with Gasteiger partial charge in [-0.25, -0.2) is 0 Å². The van der Waals surface area contributed by atoms with Gasteiger partial charge in [-0.15, -0.1) is 0 Å². The lowest BCUT2D eigenvalue weighted by molar-refractivity contribution is -0.0976. The van der Waals surface area contributed by atoms with Crippen molar-refractivity contribution in [1.82, 2.24) is 4.90 Å². The van der Waals surface area contributed by atoms with Gasteiger partial charge < -0.3 is 19.3 Å². The van der Waals surface area contributed by atoms with Crippen molar-refractivity contribution in [3.63, 3.8) is 0 Å². The maximum absolute atomic E-state index is 9.31. The minimum absolute atomic E-state index is 0.0405. The zero-order valence-corrected chi connectivity index (χ0v) is 12.8. The predicted molar refractivity (Wildman–Crippen MR) is 78.4 cm³/mol. The summed E-state index contributed by atoms with van der Waals surface area (Å²) < 4.78 is 16.6. The second kappa shape index (κ2) is 6.50. The molecule has 6 heteroatoms. The zero-order valence-electron chi connectivity index (χ0n) is 12.0. The van der Waals surface area contributed by atoms with Crippen LogP contribution in [0.2, 0.25) is 5.02 Å². The van der Waals surface area contributed by atoms with Crippen molar-refractivity contribution in [1.29, 1.82) is 0 Å². The third-order valence-electron chi connectivity index (χ3n) is 3.75. The second-order valence-electron chi connectivity index (χ2n) is 5.61. The Hall–Kier alpha value is -0.850. The van der Waals surface area contributed by atoms with E-state index in [1.54, 1.807) is 0 Å². The monoisotopic (exact) mass is 313 g/mol. The van der Waals surface area contributed by atoms with Crippen LogP contribution < -0.4 is 4.74 Å². The number of aliphatic hydroxyl groups is 1. The third-order valence-corrected chi connectivity index (χ3v) is 3.97. The summed E-state index contributed by atoms with van der Waals surface area (Å²) in [4.78, 5) is 2.26. The Kier molecular flexibility index (Phi) is 4.66. The molecule has 1 saturated heterocycles. The van der Waals surface area contributed by atoms with Crippen molar-refractivity contribution >= 4 is 11.6 Å². The summed E-state index contributed by atoms with van der Waals surface area (Å²) in [7, 11) is 0. The van der Waals surface area contributed by atoms with Gasteiger partial charge in [0.05, 0.1) is 25.4 Å². The number of ether oxygens (including phenoxy) is 3. The Balaban J connectivity index is 1.79. The standard InChI is InChI=1S/C15H20ClNO4/c1-10-4-17(6-14(7-18)21-10)5-11-2-13(16)3-12-8-19-9-20-15(11)12/h2-3,10,14,18H,4-9H2,1H3. The van der Waals surface area contributed by atoms with Crippen LogP contribution in [0.25, 0.3) is 0 Å². The highest BCUT2D eigenvalue weighted by atomic mass is 35.5. The smallest absolute Gasteiger partial charge is 0.189 e. The number of rotatable bonds is 3. The summed E-state index contributed by atoms with van der Waals surface area (Å²) in [5.74, 6) is 0.880. The van der Waals surface area contributed by atoms with E-state index in [0.717, 1.165) is 30.0 Å². The molecule has 1 N–H and O–H groups in total. The number of benzene rings is 1. The Morgan fingerprint density at radius 2 is 2.24 bits per heavy atom. The van der Waals surface area contributed by atoms with Crippen LogP contribution in [0.3, 0.4) is 0 Å². The van der Waals surface area contributed by atoms with Crippen molar-refractivity contribution in [3.8, 4) is 5.75 Å². The molecule has 0 radical (unpaired) electrons. The maximum atomic E-state index is 9.31. The van der Waals surface area contributed by atoms with Gasteiger partial charge in [-0.3, -0.25) is 4.90 Å². The molecular weight excluding hydrogens is 294 g/mol. The Bertz CT molecular complexity index is 511. The number of fused-ring (bicyclic) bond motifs is 1. The van der Waals surface area contributed by atoms with E-state index in [1.165, 1.54) is 0 Å². The lowest BCUT2D eigenvalue weighted by atomic mass is 10.1. The molecule has 0 saturated carbocycles. The first kappa shape index (κ1) is 15.1. The number of hydrogen-bond donors (Lipinski definition) is 1. The van der Waals surface area contributed by atoms with Gasteiger partial charge in [0.25, 0.3) is 0 Å². The number of nitrogens with zero attached hydrogens (tertiary/aromatic N) is 1. The van der Waals surface area contributed by atoms with Crippen LogP contribution in [0.1, 0.15) is 18.1 Å². The highest BCUT2D eigenvalue weighted by Crippen LogP contribution is 2.32. The van der Waals surface area contributed by atoms with Crippen molar-refractivity contribution in [2.24, 2.45) is 0 Å². The molecule has 2 aliphatic rings. The van der Waals surface area contributed by atoms with Gasteiger partial charge in [-0.1, -0.05) is 11.6 Å². The van der Waals surface area contributed by atoms with Gasteiger partial charge >= 0.3 is 0 Å². The van der Waals surface area contributed by atoms with Crippen LogP contribution in [0, 0.1) is 0 Å². The van der Waals surface area contributed by atoms with E-state index in [9.17, 15) is 5.11 Å². The fourth-order valence-electron chi connectivity index (χ4n) is 2.99. The zero-order chi connectivity index (χ0) is 14.8. The maximum Gasteiger partial charge on any atom is 0.189 e. The van der Waals surface area contributed by atoms with Crippen LogP contribution in [0.5, 0.6) is 5.75 Å². The molecule has 2 unspecified atom stereocenters. The van der Waals surface area contributed by atoms with Gasteiger partial charge in [0.1, 0.15) is 5.75 Å². The van der Waals surface area contributed by atoms with E-state index in [2.05, 4.69) is 4.90 Å². The van der Waals surface area contributed by atoms with E-state index in [-0.39, 0.29) is 25.6 Å². The lowest BCUT2D eigenvalue weighted by Gasteiger charge is -2.36. The van der Waals surface area contributed by atoms with Gasteiger partial charge in [0.2, 0.25) is 0 Å². The van der Waals surface area contributed by atoms with Crippen LogP contribution in [0.15, 0.2) is 12.1 Å². The van der Waals surface area contributed by atoms with Crippen LogP contribution in [0.4, 0.5) is 0 Å². The highest BCUT2D eigenvalue weighted by molar-refractivity contribution is 6.30. The Morgan fingerprint density at radius 3 is 3.05 bits per heavy atom. The molecule has 3 rings (SSSR count). The molecule has 0 spiro atoms. The van der Waals surface area contributed by atoms with Gasteiger partial charge in [0, 0.05) is 35.8 Å². The molecule has 0 amide bonds. The van der Waals surface area contributed by atoms with Crippen molar-refractivity contribution in [2.75, 3.05) is 26.5 Å². The molecule has 5 nitrogen and oxygen atoms in total. The first-order valence-corrected chi connectivity index (χ1v) is 7.54. The quantitative estimate of drug-likeness (QED) is 0.922. The van der Waals surface area contributed by atoms with E-state index in [4.69, 9.17) is 25.8 Å². The average Bonchev–Trinajstić information content (AvgIpc) is 2.46. The van der Waals surface area contributed by atoms with Crippen LogP contribution >= 0.6 is 11.6 Å². The Labute approximate surface area is 129 Å². The molecule has 2 aliphatic heterocycles. The first-order chi connectivity index (χ1) is 10.2. The van der Waals surface area contributed by atoms with Gasteiger partial charge in [-0.2, -0.15) is 0 Å². The molecular formula is C15H20ClNO4. The minimum Gasteiger partial charge on any atom is -0.467 e. The molecule has 1 aromatic carbocycles. The number of hydrogen-bond acceptors (Lipinski definition) is 5. The predicted octanol–water partition coefficient (Wildman–Crippen LogP) is 1.79. The molecule has 0 aromatic heterocycles. The fraction of sp³-hybridized carbons (Fsp3) is 0.600. The summed E-state index contributed by atoms with van der Waals surface area (Å²) in [6.45, 7) is 5.13. The first-order valence-electron chi connectivity index (χ1n) is 7.16. The summed E-state index contributed by atoms with van der Waals surface area (Å²) in [6, 6.07) is 3.83. The largest absolute Gasteiger partial charge is 0.467 e. The van der Waals surface area contributed by atoms with E-state index < -0.39 is 0 Å². The normalized spacial score (nSPS) is 26.2. The highest BCUT2D eigenvalue weighted by Gasteiger charge is 2.26. The molecule has 1 aromatic rings. The number of aliphatic hydroxyl groups excluding tert-OH is 1. The number of morpholine rings is 1. The van der Waals surface area contributed by atoms with Crippen molar-refractivity contribution in [2.45, 2.75) is 32.3 Å². The SMILES string of the molecule is CC1CN(Cc2cc(Cl)cc3c2OCOC3)CC(CO)O1. The average molecular weight is 314 g/mol. The minimum atomic E-state index is -0.131. The van der Waals surface area contributed by atoms with E-state index >= 15 is 0 Å². The molecule has 0 bridgehead atoms. The summed E-state index contributed by atoms with van der Waals surface area (Å²) in [6.07, 6.45) is -0.0248. The fourth-order valence-corrected chi connectivity index (χ4v) is 3.25. The van der Waals surface area contributed by atoms with Crippen LogP contribution in [-0.2, 0) is 22.6 Å². The third kappa shape index (κ3) is 3.49. The van der Waals surface area contributed by atoms with Crippen molar-refractivity contribution in [3.05, 3.63) is 28.3 Å². The molecule has 1 fully saturated rings. The number of halogens is 1. The summed E-state index contributed by atoms with van der Waals surface area (Å²) >= 11 is 6.19. The topological polar surface area (TPSA) is 51.2 Å². The van der Waals surface area contributed by atoms with E-state index in [0.29, 0.717) is 18.2 Å². The lowest BCUT2D eigenvalue weighted by Crippen LogP contribution is -2.47.